The number of nitrogens with zero attached hydrogens (tertiary/aromatic N) is 2. The lowest BCUT2D eigenvalue weighted by atomic mass is 9.92. The van der Waals surface area contributed by atoms with Crippen LogP contribution in [0, 0.1) is 12.8 Å². The van der Waals surface area contributed by atoms with E-state index < -0.39 is 18.4 Å². The number of hydrogen-bond donors (Lipinski definition) is 2. The molecule has 32 heavy (non-hydrogen) atoms. The van der Waals surface area contributed by atoms with E-state index in [0.29, 0.717) is 36.7 Å². The molecule has 2 N–H and O–H groups in total. The van der Waals surface area contributed by atoms with E-state index in [0.717, 1.165) is 5.56 Å². The molecule has 3 amide bonds. The van der Waals surface area contributed by atoms with Crippen molar-refractivity contribution < 1.29 is 32.2 Å². The first-order valence-electron chi connectivity index (χ1n) is 9.97. The lowest BCUT2D eigenvalue weighted by molar-refractivity contribution is -0.274. The van der Waals surface area contributed by atoms with Crippen LogP contribution in [0.25, 0.3) is 0 Å². The van der Waals surface area contributed by atoms with Crippen molar-refractivity contribution in [3.05, 3.63) is 47.7 Å². The van der Waals surface area contributed by atoms with Crippen molar-refractivity contribution in [3.8, 4) is 5.75 Å². The number of ether oxygens (including phenoxy) is 2. The molecule has 0 radical (unpaired) electrons. The number of halogens is 3. The number of pyridine rings is 1. The number of anilines is 2. The summed E-state index contributed by atoms with van der Waals surface area (Å²) in [5.74, 6) is -0.468. The number of rotatable bonds is 4. The van der Waals surface area contributed by atoms with Crippen molar-refractivity contribution in [2.24, 2.45) is 5.92 Å². The van der Waals surface area contributed by atoms with Gasteiger partial charge in [0, 0.05) is 18.7 Å². The summed E-state index contributed by atoms with van der Waals surface area (Å²) in [5.41, 5.74) is 1.86. The highest BCUT2D eigenvalue weighted by Crippen LogP contribution is 2.33. The standard InChI is InChI=1S/C21H21F3N4O4/c1-12-8-16-19(25-9-12)28(10-17(29)26-16)20(30)27-18(14-6-7-31-11-14)13-2-4-15(5-3-13)32-21(22,23)24/h2-5,8-9,14,18H,6-7,10-11H2,1H3,(H,26,29)(H,27,30). The first kappa shape index (κ1) is 21.9. The molecule has 0 saturated carbocycles. The Hall–Kier alpha value is -3.34. The monoisotopic (exact) mass is 450 g/mol. The number of urea groups is 1. The Morgan fingerprint density at radius 2 is 2.09 bits per heavy atom. The van der Waals surface area contributed by atoms with Gasteiger partial charge in [-0.3, -0.25) is 9.69 Å². The maximum Gasteiger partial charge on any atom is 0.573 e. The zero-order chi connectivity index (χ0) is 22.9. The van der Waals surface area contributed by atoms with Crippen LogP contribution in [0.5, 0.6) is 5.75 Å². The van der Waals surface area contributed by atoms with Crippen LogP contribution in [0.15, 0.2) is 36.5 Å². The summed E-state index contributed by atoms with van der Waals surface area (Å²) in [7, 11) is 0. The molecule has 1 fully saturated rings. The number of alkyl halides is 3. The predicted octanol–water partition coefficient (Wildman–Crippen LogP) is 3.53. The second-order valence-electron chi connectivity index (χ2n) is 7.69. The third-order valence-electron chi connectivity index (χ3n) is 5.27. The maximum absolute atomic E-state index is 13.2. The Labute approximate surface area is 181 Å². The highest BCUT2D eigenvalue weighted by atomic mass is 19.4. The molecule has 8 nitrogen and oxygen atoms in total. The first-order valence-corrected chi connectivity index (χ1v) is 9.97. The van der Waals surface area contributed by atoms with Gasteiger partial charge in [0.1, 0.15) is 12.3 Å². The number of hydrogen-bond acceptors (Lipinski definition) is 5. The second-order valence-corrected chi connectivity index (χ2v) is 7.69. The lowest BCUT2D eigenvalue weighted by Gasteiger charge is -2.31. The van der Waals surface area contributed by atoms with Gasteiger partial charge in [-0.1, -0.05) is 12.1 Å². The highest BCUT2D eigenvalue weighted by Gasteiger charge is 2.34. The number of aryl methyl sites for hydroxylation is 1. The second kappa shape index (κ2) is 8.65. The maximum atomic E-state index is 13.2. The molecule has 1 saturated heterocycles. The molecule has 2 unspecified atom stereocenters. The summed E-state index contributed by atoms with van der Waals surface area (Å²) in [6, 6.07) is 6.00. The zero-order valence-electron chi connectivity index (χ0n) is 17.1. The van der Waals surface area contributed by atoms with Crippen molar-refractivity contribution >= 4 is 23.4 Å². The summed E-state index contributed by atoms with van der Waals surface area (Å²) in [6.45, 7) is 2.52. The molecule has 1 aromatic carbocycles. The number of carbonyl (C=O) groups excluding carboxylic acids is 2. The van der Waals surface area contributed by atoms with Gasteiger partial charge in [-0.15, -0.1) is 13.2 Å². The molecule has 11 heteroatoms. The largest absolute Gasteiger partial charge is 0.573 e. The van der Waals surface area contributed by atoms with Crippen LogP contribution >= 0.6 is 0 Å². The summed E-state index contributed by atoms with van der Waals surface area (Å²) >= 11 is 0. The van der Waals surface area contributed by atoms with Gasteiger partial charge >= 0.3 is 12.4 Å². The number of nitrogens with one attached hydrogen (secondary N) is 2. The van der Waals surface area contributed by atoms with Crippen molar-refractivity contribution in [1.29, 1.82) is 0 Å². The van der Waals surface area contributed by atoms with Crippen LogP contribution in [0.2, 0.25) is 0 Å². The number of amides is 3. The zero-order valence-corrected chi connectivity index (χ0v) is 17.1. The van der Waals surface area contributed by atoms with Gasteiger partial charge in [0.2, 0.25) is 5.91 Å². The predicted molar refractivity (Wildman–Crippen MR) is 108 cm³/mol. The average molecular weight is 450 g/mol. The molecule has 2 atom stereocenters. The molecule has 0 aliphatic carbocycles. The average Bonchev–Trinajstić information content (AvgIpc) is 3.25. The molecule has 3 heterocycles. The number of fused-ring (bicyclic) bond motifs is 1. The fourth-order valence-electron chi connectivity index (χ4n) is 3.82. The molecule has 1 aromatic heterocycles. The van der Waals surface area contributed by atoms with E-state index in [1.165, 1.54) is 29.2 Å². The first-order chi connectivity index (χ1) is 15.2. The molecule has 0 spiro atoms. The topological polar surface area (TPSA) is 92.8 Å². The third-order valence-corrected chi connectivity index (χ3v) is 5.27. The van der Waals surface area contributed by atoms with E-state index in [4.69, 9.17) is 4.74 Å². The number of carbonyl (C=O) groups is 2. The van der Waals surface area contributed by atoms with Gasteiger partial charge in [-0.2, -0.15) is 0 Å². The molecular formula is C21H21F3N4O4. The molecule has 170 valence electrons. The minimum Gasteiger partial charge on any atom is -0.406 e. The summed E-state index contributed by atoms with van der Waals surface area (Å²) in [6.07, 6.45) is -2.53. The van der Waals surface area contributed by atoms with Gasteiger partial charge in [0.15, 0.2) is 5.82 Å². The van der Waals surface area contributed by atoms with Crippen LogP contribution in [0.1, 0.15) is 23.6 Å². The van der Waals surface area contributed by atoms with E-state index in [9.17, 15) is 22.8 Å². The van der Waals surface area contributed by atoms with Crippen molar-refractivity contribution in [3.63, 3.8) is 0 Å². The summed E-state index contributed by atoms with van der Waals surface area (Å²) in [5, 5.41) is 5.61. The van der Waals surface area contributed by atoms with Crippen molar-refractivity contribution in [2.75, 3.05) is 30.0 Å². The fraction of sp³-hybridized carbons (Fsp3) is 0.381. The Morgan fingerprint density at radius 1 is 1.34 bits per heavy atom. The molecular weight excluding hydrogens is 429 g/mol. The van der Waals surface area contributed by atoms with E-state index in [2.05, 4.69) is 20.4 Å². The van der Waals surface area contributed by atoms with Crippen LogP contribution in [-0.4, -0.2) is 43.0 Å². The van der Waals surface area contributed by atoms with Gasteiger partial charge in [-0.25, -0.2) is 9.78 Å². The SMILES string of the molecule is Cc1cnc2c(c1)NC(=O)CN2C(=O)NC(c1ccc(OC(F)(F)F)cc1)C1CCOC1. The number of aromatic nitrogens is 1. The van der Waals surface area contributed by atoms with Crippen LogP contribution in [0.4, 0.5) is 29.5 Å². The Kier molecular flexibility index (Phi) is 5.92. The van der Waals surface area contributed by atoms with Gasteiger partial charge in [-0.05, 0) is 42.7 Å². The summed E-state index contributed by atoms with van der Waals surface area (Å²) < 4.78 is 46.8. The van der Waals surface area contributed by atoms with E-state index >= 15 is 0 Å². The molecule has 4 rings (SSSR count). The minimum atomic E-state index is -4.79. The smallest absolute Gasteiger partial charge is 0.406 e. The van der Waals surface area contributed by atoms with Crippen LogP contribution in [0.3, 0.4) is 0 Å². The minimum absolute atomic E-state index is 0.0857. The van der Waals surface area contributed by atoms with Crippen LogP contribution in [-0.2, 0) is 9.53 Å². The quantitative estimate of drug-likeness (QED) is 0.744. The van der Waals surface area contributed by atoms with Crippen molar-refractivity contribution in [2.45, 2.75) is 25.7 Å². The van der Waals surface area contributed by atoms with E-state index in [1.54, 1.807) is 12.3 Å². The van der Waals surface area contributed by atoms with E-state index in [1.807, 2.05) is 6.92 Å². The van der Waals surface area contributed by atoms with Gasteiger partial charge < -0.3 is 20.1 Å². The molecule has 0 bridgehead atoms. The number of benzene rings is 1. The Balaban J connectivity index is 1.57. The van der Waals surface area contributed by atoms with Gasteiger partial charge in [0.05, 0.1) is 18.3 Å². The van der Waals surface area contributed by atoms with Gasteiger partial charge in [0.25, 0.3) is 0 Å². The Bertz CT molecular complexity index is 1010. The highest BCUT2D eigenvalue weighted by molar-refractivity contribution is 6.08. The lowest BCUT2D eigenvalue weighted by Crippen LogP contribution is -2.49. The molecule has 2 aromatic rings. The Morgan fingerprint density at radius 3 is 2.75 bits per heavy atom. The third kappa shape index (κ3) is 4.93. The summed E-state index contributed by atoms with van der Waals surface area (Å²) in [4.78, 5) is 30.8. The normalized spacial score (nSPS) is 19.2. The molecule has 2 aliphatic heterocycles. The van der Waals surface area contributed by atoms with Crippen molar-refractivity contribution in [1.82, 2.24) is 10.3 Å². The fourth-order valence-corrected chi connectivity index (χ4v) is 3.82. The molecule has 2 aliphatic rings. The van der Waals surface area contributed by atoms with E-state index in [-0.39, 0.29) is 24.1 Å². The van der Waals surface area contributed by atoms with Crippen LogP contribution < -0.4 is 20.3 Å².